The van der Waals surface area contributed by atoms with Crippen LogP contribution in [-0.4, -0.2) is 15.1 Å². The first-order chi connectivity index (χ1) is 7.66. The average Bonchev–Trinajstić information content (AvgIpc) is 2.27. The summed E-state index contributed by atoms with van der Waals surface area (Å²) >= 11 is 0. The number of nitrogens with zero attached hydrogens (tertiary/aromatic N) is 2. The summed E-state index contributed by atoms with van der Waals surface area (Å²) in [5.41, 5.74) is 2.07. The van der Waals surface area contributed by atoms with Gasteiger partial charge in [0, 0.05) is 5.69 Å². The number of rotatable bonds is 2. The minimum Gasteiger partial charge on any atom is -0.504 e. The molecule has 0 radical (unpaired) electrons. The molecule has 0 saturated carbocycles. The maximum absolute atomic E-state index is 9.54. The SMILES string of the molecule is Cc1nc(Nc2ccccc2)nc(C)c1O. The van der Waals surface area contributed by atoms with E-state index in [1.165, 1.54) is 0 Å². The molecule has 0 aliphatic carbocycles. The maximum atomic E-state index is 9.54. The van der Waals surface area contributed by atoms with Crippen LogP contribution >= 0.6 is 0 Å². The van der Waals surface area contributed by atoms with Gasteiger partial charge in [-0.25, -0.2) is 9.97 Å². The Labute approximate surface area is 94.0 Å². The lowest BCUT2D eigenvalue weighted by Crippen LogP contribution is -2.00. The van der Waals surface area contributed by atoms with Crippen molar-refractivity contribution >= 4 is 11.6 Å². The molecule has 1 aromatic carbocycles. The Bertz CT molecular complexity index is 474. The van der Waals surface area contributed by atoms with E-state index in [2.05, 4.69) is 15.3 Å². The molecule has 1 heterocycles. The molecule has 0 spiro atoms. The first-order valence-electron chi connectivity index (χ1n) is 5.03. The van der Waals surface area contributed by atoms with Gasteiger partial charge in [0.15, 0.2) is 5.75 Å². The van der Waals surface area contributed by atoms with Gasteiger partial charge < -0.3 is 10.4 Å². The summed E-state index contributed by atoms with van der Waals surface area (Å²) in [7, 11) is 0. The predicted molar refractivity (Wildman–Crippen MR) is 62.9 cm³/mol. The van der Waals surface area contributed by atoms with Crippen LogP contribution in [0.4, 0.5) is 11.6 Å². The van der Waals surface area contributed by atoms with Gasteiger partial charge in [-0.1, -0.05) is 18.2 Å². The van der Waals surface area contributed by atoms with Crippen LogP contribution in [0.2, 0.25) is 0 Å². The molecule has 2 aromatic rings. The van der Waals surface area contributed by atoms with E-state index in [9.17, 15) is 5.11 Å². The van der Waals surface area contributed by atoms with Crippen molar-refractivity contribution in [3.8, 4) is 5.75 Å². The van der Waals surface area contributed by atoms with Crippen molar-refractivity contribution in [2.75, 3.05) is 5.32 Å². The fraction of sp³-hybridized carbons (Fsp3) is 0.167. The Balaban J connectivity index is 2.29. The molecule has 4 heteroatoms. The first kappa shape index (κ1) is 10.4. The first-order valence-corrected chi connectivity index (χ1v) is 5.03. The molecule has 0 amide bonds. The number of anilines is 2. The van der Waals surface area contributed by atoms with Crippen LogP contribution in [0.5, 0.6) is 5.75 Å². The molecular formula is C12H13N3O. The number of aryl methyl sites for hydroxylation is 2. The van der Waals surface area contributed by atoms with Crippen LogP contribution in [0.3, 0.4) is 0 Å². The van der Waals surface area contributed by atoms with Gasteiger partial charge in [0.2, 0.25) is 5.95 Å². The van der Waals surface area contributed by atoms with Crippen molar-refractivity contribution in [3.63, 3.8) is 0 Å². The Kier molecular flexibility index (Phi) is 2.72. The lowest BCUT2D eigenvalue weighted by atomic mass is 10.3. The molecule has 16 heavy (non-hydrogen) atoms. The minimum atomic E-state index is 0.151. The highest BCUT2D eigenvalue weighted by molar-refractivity contribution is 5.53. The normalized spacial score (nSPS) is 10.1. The van der Waals surface area contributed by atoms with E-state index in [0.29, 0.717) is 17.3 Å². The largest absolute Gasteiger partial charge is 0.504 e. The number of hydrogen-bond acceptors (Lipinski definition) is 4. The quantitative estimate of drug-likeness (QED) is 0.808. The van der Waals surface area contributed by atoms with E-state index < -0.39 is 0 Å². The summed E-state index contributed by atoms with van der Waals surface area (Å²) in [5, 5.41) is 12.6. The van der Waals surface area contributed by atoms with Crippen molar-refractivity contribution < 1.29 is 5.11 Å². The number of aromatic nitrogens is 2. The van der Waals surface area contributed by atoms with Crippen LogP contribution in [-0.2, 0) is 0 Å². The lowest BCUT2D eigenvalue weighted by molar-refractivity contribution is 0.459. The second-order valence-corrected chi connectivity index (χ2v) is 3.56. The van der Waals surface area contributed by atoms with E-state index in [1.807, 2.05) is 30.3 Å². The molecule has 0 fully saturated rings. The molecule has 0 unspecified atom stereocenters. The molecule has 0 aliphatic heterocycles. The van der Waals surface area contributed by atoms with Crippen molar-refractivity contribution in [1.82, 2.24) is 9.97 Å². The molecular weight excluding hydrogens is 202 g/mol. The van der Waals surface area contributed by atoms with E-state index in [4.69, 9.17) is 0 Å². The van der Waals surface area contributed by atoms with Crippen LogP contribution in [0, 0.1) is 13.8 Å². The summed E-state index contributed by atoms with van der Waals surface area (Å²) in [6, 6.07) is 9.67. The molecule has 0 saturated heterocycles. The summed E-state index contributed by atoms with van der Waals surface area (Å²) in [5.74, 6) is 0.651. The molecule has 0 aliphatic rings. The van der Waals surface area contributed by atoms with Gasteiger partial charge in [-0.3, -0.25) is 0 Å². The molecule has 2 rings (SSSR count). The monoisotopic (exact) mass is 215 g/mol. The Morgan fingerprint density at radius 3 is 2.12 bits per heavy atom. The Morgan fingerprint density at radius 1 is 1.00 bits per heavy atom. The number of nitrogens with one attached hydrogen (secondary N) is 1. The van der Waals surface area contributed by atoms with Crippen LogP contribution < -0.4 is 5.32 Å². The lowest BCUT2D eigenvalue weighted by Gasteiger charge is -2.07. The zero-order chi connectivity index (χ0) is 11.5. The number of hydrogen-bond donors (Lipinski definition) is 2. The Hall–Kier alpha value is -2.10. The molecule has 2 N–H and O–H groups in total. The number of aromatic hydroxyl groups is 1. The number of para-hydroxylation sites is 1. The van der Waals surface area contributed by atoms with Crippen molar-refractivity contribution in [3.05, 3.63) is 41.7 Å². The van der Waals surface area contributed by atoms with Crippen LogP contribution in [0.1, 0.15) is 11.4 Å². The molecule has 1 aromatic heterocycles. The Morgan fingerprint density at radius 2 is 1.56 bits per heavy atom. The summed E-state index contributed by atoms with van der Waals surface area (Å²) in [6.07, 6.45) is 0. The summed E-state index contributed by atoms with van der Waals surface area (Å²) in [6.45, 7) is 3.50. The van der Waals surface area contributed by atoms with Crippen molar-refractivity contribution in [1.29, 1.82) is 0 Å². The molecule has 0 atom stereocenters. The van der Waals surface area contributed by atoms with Gasteiger partial charge in [-0.15, -0.1) is 0 Å². The highest BCUT2D eigenvalue weighted by Gasteiger charge is 2.06. The van der Waals surface area contributed by atoms with Gasteiger partial charge in [-0.05, 0) is 26.0 Å². The van der Waals surface area contributed by atoms with Gasteiger partial charge in [0.05, 0.1) is 11.4 Å². The predicted octanol–water partition coefficient (Wildman–Crippen LogP) is 2.54. The highest BCUT2D eigenvalue weighted by Crippen LogP contribution is 2.20. The molecule has 82 valence electrons. The zero-order valence-electron chi connectivity index (χ0n) is 9.23. The second kappa shape index (κ2) is 4.18. The van der Waals surface area contributed by atoms with Crippen molar-refractivity contribution in [2.24, 2.45) is 0 Å². The smallest absolute Gasteiger partial charge is 0.227 e. The van der Waals surface area contributed by atoms with Gasteiger partial charge in [-0.2, -0.15) is 0 Å². The fourth-order valence-electron chi connectivity index (χ4n) is 1.42. The topological polar surface area (TPSA) is 58.0 Å². The number of benzene rings is 1. The van der Waals surface area contributed by atoms with E-state index in [1.54, 1.807) is 13.8 Å². The standard InChI is InChI=1S/C12H13N3O/c1-8-11(16)9(2)14-12(13-8)15-10-6-4-3-5-7-10/h3-7,16H,1-2H3,(H,13,14,15). The maximum Gasteiger partial charge on any atom is 0.227 e. The third-order valence-electron chi connectivity index (χ3n) is 2.26. The van der Waals surface area contributed by atoms with E-state index in [-0.39, 0.29) is 5.75 Å². The third kappa shape index (κ3) is 2.11. The second-order valence-electron chi connectivity index (χ2n) is 3.56. The third-order valence-corrected chi connectivity index (χ3v) is 2.26. The summed E-state index contributed by atoms with van der Waals surface area (Å²) in [4.78, 5) is 8.31. The zero-order valence-corrected chi connectivity index (χ0v) is 9.23. The fourth-order valence-corrected chi connectivity index (χ4v) is 1.42. The molecule has 0 bridgehead atoms. The average molecular weight is 215 g/mol. The van der Waals surface area contributed by atoms with Gasteiger partial charge in [0.25, 0.3) is 0 Å². The summed E-state index contributed by atoms with van der Waals surface area (Å²) < 4.78 is 0. The van der Waals surface area contributed by atoms with E-state index >= 15 is 0 Å². The minimum absolute atomic E-state index is 0.151. The van der Waals surface area contributed by atoms with Gasteiger partial charge in [0.1, 0.15) is 0 Å². The van der Waals surface area contributed by atoms with Gasteiger partial charge >= 0.3 is 0 Å². The highest BCUT2D eigenvalue weighted by atomic mass is 16.3. The molecule has 4 nitrogen and oxygen atoms in total. The van der Waals surface area contributed by atoms with Crippen LogP contribution in [0.15, 0.2) is 30.3 Å². The van der Waals surface area contributed by atoms with Crippen LogP contribution in [0.25, 0.3) is 0 Å². The van der Waals surface area contributed by atoms with Crippen molar-refractivity contribution in [2.45, 2.75) is 13.8 Å². The van der Waals surface area contributed by atoms with E-state index in [0.717, 1.165) is 5.69 Å².